The molecule has 5 heteroatoms. The quantitative estimate of drug-likeness (QED) is 0.788. The molecule has 4 rings (SSSR count). The van der Waals surface area contributed by atoms with Gasteiger partial charge in [-0.05, 0) is 24.6 Å². The molecule has 1 aliphatic heterocycles. The number of rotatable bonds is 2. The topological polar surface area (TPSA) is 59.8 Å². The van der Waals surface area contributed by atoms with Crippen LogP contribution in [-0.4, -0.2) is 20.5 Å². The molecule has 0 spiro atoms. The highest BCUT2D eigenvalue weighted by molar-refractivity contribution is 6.07. The van der Waals surface area contributed by atoms with E-state index in [1.165, 1.54) is 0 Å². The number of aryl methyl sites for hydroxylation is 1. The molecular formula is C19H18N4O. The van der Waals surface area contributed by atoms with Gasteiger partial charge < -0.3 is 9.88 Å². The van der Waals surface area contributed by atoms with Gasteiger partial charge in [0.2, 0.25) is 0 Å². The molecule has 120 valence electrons. The number of nitrogens with zero attached hydrogens (tertiary/aromatic N) is 3. The molecule has 1 aromatic heterocycles. The minimum absolute atomic E-state index is 0.0775. The summed E-state index contributed by atoms with van der Waals surface area (Å²) >= 11 is 0. The third-order valence-corrected chi connectivity index (χ3v) is 4.68. The van der Waals surface area contributed by atoms with Crippen LogP contribution in [0.15, 0.2) is 54.6 Å². The van der Waals surface area contributed by atoms with Crippen LogP contribution in [-0.2, 0) is 7.05 Å². The first-order valence-corrected chi connectivity index (χ1v) is 7.97. The fourth-order valence-electron chi connectivity index (χ4n) is 3.29. The van der Waals surface area contributed by atoms with Crippen LogP contribution in [0.3, 0.4) is 0 Å². The number of benzene rings is 2. The van der Waals surface area contributed by atoms with Crippen molar-refractivity contribution in [2.24, 2.45) is 7.05 Å². The Morgan fingerprint density at radius 2 is 1.71 bits per heavy atom. The van der Waals surface area contributed by atoms with Crippen LogP contribution in [0.2, 0.25) is 0 Å². The Labute approximate surface area is 140 Å². The van der Waals surface area contributed by atoms with E-state index in [1.807, 2.05) is 73.1 Å². The molecule has 5 nitrogen and oxygen atoms in total. The lowest BCUT2D eigenvalue weighted by Gasteiger charge is -2.33. The number of nitrogens with one attached hydrogen (secondary N) is 1. The number of para-hydroxylation sites is 1. The van der Waals surface area contributed by atoms with Crippen molar-refractivity contribution < 1.29 is 4.79 Å². The van der Waals surface area contributed by atoms with Crippen molar-refractivity contribution in [2.75, 3.05) is 5.32 Å². The summed E-state index contributed by atoms with van der Waals surface area (Å²) in [5.41, 5.74) is 2.63. The van der Waals surface area contributed by atoms with Crippen LogP contribution in [0.1, 0.15) is 39.5 Å². The normalized spacial score (nSPS) is 19.7. The molecular weight excluding hydrogens is 300 g/mol. The third-order valence-electron chi connectivity index (χ3n) is 4.68. The second kappa shape index (κ2) is 5.60. The van der Waals surface area contributed by atoms with Gasteiger partial charge in [0.25, 0.3) is 0 Å². The molecule has 0 aliphatic carbocycles. The van der Waals surface area contributed by atoms with E-state index in [0.717, 1.165) is 17.1 Å². The van der Waals surface area contributed by atoms with Gasteiger partial charge in [0, 0.05) is 18.3 Å². The zero-order valence-corrected chi connectivity index (χ0v) is 13.6. The number of fused-ring (bicyclic) bond motifs is 1. The van der Waals surface area contributed by atoms with E-state index in [1.54, 1.807) is 0 Å². The maximum Gasteiger partial charge on any atom is 0.178 e. The average Bonchev–Trinajstić information content (AvgIpc) is 2.95. The average molecular weight is 318 g/mol. The third kappa shape index (κ3) is 2.21. The van der Waals surface area contributed by atoms with E-state index in [-0.39, 0.29) is 11.8 Å². The Bertz CT molecular complexity index is 901. The molecule has 2 unspecified atom stereocenters. The van der Waals surface area contributed by atoms with Crippen molar-refractivity contribution >= 4 is 11.5 Å². The van der Waals surface area contributed by atoms with E-state index < -0.39 is 5.92 Å². The van der Waals surface area contributed by atoms with Gasteiger partial charge in [-0.15, -0.1) is 10.2 Å². The molecule has 2 heterocycles. The number of ketones is 1. The molecule has 2 aromatic carbocycles. The first-order chi connectivity index (χ1) is 11.7. The molecule has 0 radical (unpaired) electrons. The van der Waals surface area contributed by atoms with Crippen molar-refractivity contribution in [3.05, 3.63) is 77.4 Å². The summed E-state index contributed by atoms with van der Waals surface area (Å²) in [6.07, 6.45) is 0. The summed E-state index contributed by atoms with van der Waals surface area (Å²) in [5.74, 6) is 1.15. The van der Waals surface area contributed by atoms with Crippen molar-refractivity contribution in [1.82, 2.24) is 14.8 Å². The molecule has 0 saturated heterocycles. The molecule has 1 aliphatic rings. The number of hydrogen-bond acceptors (Lipinski definition) is 4. The number of aromatic nitrogens is 3. The highest BCUT2D eigenvalue weighted by Crippen LogP contribution is 2.41. The number of hydrogen-bond donors (Lipinski definition) is 1. The van der Waals surface area contributed by atoms with Crippen LogP contribution in [0.5, 0.6) is 0 Å². The van der Waals surface area contributed by atoms with E-state index in [9.17, 15) is 4.79 Å². The molecule has 0 bridgehead atoms. The highest BCUT2D eigenvalue weighted by Gasteiger charge is 2.40. The SMILES string of the molecule is Cc1nnc(C2C(=O)c3ccccc3NC2c2ccccc2)n1C. The molecule has 1 N–H and O–H groups in total. The largest absolute Gasteiger partial charge is 0.376 e. The van der Waals surface area contributed by atoms with Gasteiger partial charge in [-0.3, -0.25) is 4.79 Å². The van der Waals surface area contributed by atoms with Gasteiger partial charge in [-0.2, -0.15) is 0 Å². The molecule has 0 fully saturated rings. The summed E-state index contributed by atoms with van der Waals surface area (Å²) in [6, 6.07) is 17.5. The van der Waals surface area contributed by atoms with Gasteiger partial charge in [0.1, 0.15) is 17.6 Å². The van der Waals surface area contributed by atoms with E-state index in [4.69, 9.17) is 0 Å². The fourth-order valence-corrected chi connectivity index (χ4v) is 3.29. The number of carbonyl (C=O) groups is 1. The van der Waals surface area contributed by atoms with Gasteiger partial charge >= 0.3 is 0 Å². The van der Waals surface area contributed by atoms with Crippen LogP contribution >= 0.6 is 0 Å². The van der Waals surface area contributed by atoms with Crippen molar-refractivity contribution in [2.45, 2.75) is 18.9 Å². The second-order valence-electron chi connectivity index (χ2n) is 6.08. The predicted octanol–water partition coefficient (Wildman–Crippen LogP) is 3.26. The van der Waals surface area contributed by atoms with E-state index in [2.05, 4.69) is 15.5 Å². The molecule has 0 amide bonds. The summed E-state index contributed by atoms with van der Waals surface area (Å²) in [6.45, 7) is 1.89. The van der Waals surface area contributed by atoms with Gasteiger partial charge in [0.05, 0.1) is 6.04 Å². The predicted molar refractivity (Wildman–Crippen MR) is 92.1 cm³/mol. The zero-order valence-electron chi connectivity index (χ0n) is 13.6. The summed E-state index contributed by atoms with van der Waals surface area (Å²) in [4.78, 5) is 13.2. The second-order valence-corrected chi connectivity index (χ2v) is 6.08. The Hall–Kier alpha value is -2.95. The standard InChI is InChI=1S/C19H18N4O/c1-12-21-22-19(23(12)2)16-17(13-8-4-3-5-9-13)20-15-11-7-6-10-14(15)18(16)24/h3-11,16-17,20H,1-2H3. The van der Waals surface area contributed by atoms with Gasteiger partial charge in [-0.25, -0.2) is 0 Å². The Morgan fingerprint density at radius 1 is 1.00 bits per heavy atom. The highest BCUT2D eigenvalue weighted by atomic mass is 16.1. The summed E-state index contributed by atoms with van der Waals surface area (Å²) in [7, 11) is 1.90. The van der Waals surface area contributed by atoms with Crippen molar-refractivity contribution in [3.8, 4) is 0 Å². The lowest BCUT2D eigenvalue weighted by molar-refractivity contribution is 0.0939. The number of anilines is 1. The Balaban J connectivity index is 1.89. The van der Waals surface area contributed by atoms with Crippen molar-refractivity contribution in [1.29, 1.82) is 0 Å². The first kappa shape index (κ1) is 14.6. The van der Waals surface area contributed by atoms with Crippen LogP contribution in [0.25, 0.3) is 0 Å². The minimum Gasteiger partial charge on any atom is -0.376 e. The Kier molecular flexibility index (Phi) is 3.41. The lowest BCUT2D eigenvalue weighted by Crippen LogP contribution is -2.33. The fraction of sp³-hybridized carbons (Fsp3) is 0.211. The van der Waals surface area contributed by atoms with Crippen LogP contribution in [0.4, 0.5) is 5.69 Å². The summed E-state index contributed by atoms with van der Waals surface area (Å²) < 4.78 is 1.90. The first-order valence-electron chi connectivity index (χ1n) is 7.97. The maximum atomic E-state index is 13.2. The van der Waals surface area contributed by atoms with E-state index in [0.29, 0.717) is 11.4 Å². The molecule has 3 aromatic rings. The molecule has 0 saturated carbocycles. The maximum absolute atomic E-state index is 13.2. The van der Waals surface area contributed by atoms with Gasteiger partial charge in [0.15, 0.2) is 5.78 Å². The van der Waals surface area contributed by atoms with Crippen molar-refractivity contribution in [3.63, 3.8) is 0 Å². The molecule has 24 heavy (non-hydrogen) atoms. The summed E-state index contributed by atoms with van der Waals surface area (Å²) in [5, 5.41) is 12.0. The van der Waals surface area contributed by atoms with E-state index >= 15 is 0 Å². The van der Waals surface area contributed by atoms with Gasteiger partial charge in [-0.1, -0.05) is 42.5 Å². The monoisotopic (exact) mass is 318 g/mol. The van der Waals surface area contributed by atoms with Crippen LogP contribution in [0, 0.1) is 6.92 Å². The smallest absolute Gasteiger partial charge is 0.178 e. The molecule has 2 atom stereocenters. The van der Waals surface area contributed by atoms with Crippen LogP contribution < -0.4 is 5.32 Å². The zero-order chi connectivity index (χ0) is 16.7. The lowest BCUT2D eigenvalue weighted by atomic mass is 9.82. The minimum atomic E-state index is -0.409. The number of Topliss-reactive ketones (excluding diaryl/α,β-unsaturated/α-hetero) is 1. The number of carbonyl (C=O) groups excluding carboxylic acids is 1. The Morgan fingerprint density at radius 3 is 2.42 bits per heavy atom.